The Balaban J connectivity index is 1.29. The van der Waals surface area contributed by atoms with Crippen LogP contribution in [0.15, 0.2) is 69.6 Å². The molecular formula is C22H20N4O4S. The van der Waals surface area contributed by atoms with Crippen molar-refractivity contribution in [2.45, 2.75) is 13.0 Å². The summed E-state index contributed by atoms with van der Waals surface area (Å²) in [5, 5.41) is 5.71. The number of methoxy groups -OCH3 is 1. The Morgan fingerprint density at radius 3 is 2.81 bits per heavy atom. The summed E-state index contributed by atoms with van der Waals surface area (Å²) in [6.07, 6.45) is 3.46. The number of hydrogen-bond acceptors (Lipinski definition) is 7. The molecule has 0 aliphatic carbocycles. The quantitative estimate of drug-likeness (QED) is 0.456. The van der Waals surface area contributed by atoms with Gasteiger partial charge in [0.2, 0.25) is 5.91 Å². The van der Waals surface area contributed by atoms with Crippen LogP contribution in [0.2, 0.25) is 0 Å². The van der Waals surface area contributed by atoms with Crippen LogP contribution in [0.25, 0.3) is 22.0 Å². The third kappa shape index (κ3) is 5.07. The molecule has 1 amide bonds. The lowest BCUT2D eigenvalue weighted by molar-refractivity contribution is -0.121. The Hall–Kier alpha value is -3.72. The molecule has 158 valence electrons. The van der Waals surface area contributed by atoms with Gasteiger partial charge in [0.15, 0.2) is 5.76 Å². The Morgan fingerprint density at radius 1 is 1.26 bits per heavy atom. The Bertz CT molecular complexity index is 1210. The molecule has 4 aromatic rings. The monoisotopic (exact) mass is 436 g/mol. The normalized spacial score (nSPS) is 10.7. The number of rotatable bonds is 8. The van der Waals surface area contributed by atoms with E-state index >= 15 is 0 Å². The molecule has 1 N–H and O–H groups in total. The van der Waals surface area contributed by atoms with E-state index in [1.165, 1.54) is 23.2 Å². The summed E-state index contributed by atoms with van der Waals surface area (Å²) >= 11 is 1.55. The van der Waals surface area contributed by atoms with Crippen LogP contribution in [0.1, 0.15) is 5.69 Å². The van der Waals surface area contributed by atoms with E-state index in [1.807, 2.05) is 29.6 Å². The number of hydrogen-bond donors (Lipinski definition) is 1. The van der Waals surface area contributed by atoms with Crippen molar-refractivity contribution in [2.75, 3.05) is 13.7 Å². The molecule has 3 aromatic heterocycles. The highest BCUT2D eigenvalue weighted by Gasteiger charge is 2.09. The fourth-order valence-electron chi connectivity index (χ4n) is 2.93. The van der Waals surface area contributed by atoms with Crippen molar-refractivity contribution in [3.05, 3.63) is 76.5 Å². The lowest BCUT2D eigenvalue weighted by atomic mass is 10.2. The first-order chi connectivity index (χ1) is 15.1. The second-order valence-electron chi connectivity index (χ2n) is 6.69. The number of carbonyl (C=O) groups is 1. The molecule has 9 heteroatoms. The third-order valence-corrected chi connectivity index (χ3v) is 5.50. The molecule has 0 atom stereocenters. The number of benzene rings is 1. The van der Waals surface area contributed by atoms with Crippen LogP contribution >= 0.6 is 11.3 Å². The van der Waals surface area contributed by atoms with Crippen LogP contribution in [0.3, 0.4) is 0 Å². The SMILES string of the molecule is COc1ccc(-c2nc(CCNC(=O)Cn3cnc(-c4ccco4)cc3=O)cs2)cc1. The molecular weight excluding hydrogens is 416 g/mol. The number of amides is 1. The van der Waals surface area contributed by atoms with Gasteiger partial charge in [0, 0.05) is 30.0 Å². The van der Waals surface area contributed by atoms with Gasteiger partial charge in [-0.2, -0.15) is 0 Å². The summed E-state index contributed by atoms with van der Waals surface area (Å²) < 4.78 is 11.7. The molecule has 1 aromatic carbocycles. The second-order valence-corrected chi connectivity index (χ2v) is 7.55. The van der Waals surface area contributed by atoms with E-state index < -0.39 is 0 Å². The van der Waals surface area contributed by atoms with Crippen LogP contribution in [0, 0.1) is 0 Å². The molecule has 31 heavy (non-hydrogen) atoms. The maximum Gasteiger partial charge on any atom is 0.254 e. The summed E-state index contributed by atoms with van der Waals surface area (Å²) in [6, 6.07) is 12.5. The molecule has 0 saturated carbocycles. The largest absolute Gasteiger partial charge is 0.497 e. The Morgan fingerprint density at radius 2 is 2.10 bits per heavy atom. The number of thiazole rings is 1. The minimum absolute atomic E-state index is 0.0988. The van der Waals surface area contributed by atoms with Crippen molar-refractivity contribution in [1.29, 1.82) is 0 Å². The molecule has 3 heterocycles. The van der Waals surface area contributed by atoms with Crippen LogP contribution in [0.4, 0.5) is 0 Å². The summed E-state index contributed by atoms with van der Waals surface area (Å²) in [7, 11) is 1.63. The minimum Gasteiger partial charge on any atom is -0.497 e. The van der Waals surface area contributed by atoms with Crippen molar-refractivity contribution < 1.29 is 13.9 Å². The van der Waals surface area contributed by atoms with Gasteiger partial charge in [0.1, 0.15) is 23.0 Å². The predicted octanol–water partition coefficient (Wildman–Crippen LogP) is 2.99. The van der Waals surface area contributed by atoms with Gasteiger partial charge < -0.3 is 14.5 Å². The van der Waals surface area contributed by atoms with Crippen LogP contribution in [0.5, 0.6) is 5.75 Å². The van der Waals surface area contributed by atoms with E-state index in [9.17, 15) is 9.59 Å². The fraction of sp³-hybridized carbons (Fsp3) is 0.182. The molecule has 0 saturated heterocycles. The molecule has 0 fully saturated rings. The molecule has 0 spiro atoms. The van der Waals surface area contributed by atoms with Gasteiger partial charge in [-0.05, 0) is 36.4 Å². The molecule has 0 aliphatic rings. The molecule has 0 aliphatic heterocycles. The Kier molecular flexibility index (Phi) is 6.23. The zero-order valence-corrected chi connectivity index (χ0v) is 17.6. The lowest BCUT2D eigenvalue weighted by Gasteiger charge is -2.07. The van der Waals surface area contributed by atoms with E-state index in [-0.39, 0.29) is 18.0 Å². The van der Waals surface area contributed by atoms with Gasteiger partial charge in [0.25, 0.3) is 5.56 Å². The van der Waals surface area contributed by atoms with E-state index in [4.69, 9.17) is 9.15 Å². The first-order valence-corrected chi connectivity index (χ1v) is 10.5. The summed E-state index contributed by atoms with van der Waals surface area (Å²) in [5.74, 6) is 1.04. The van der Waals surface area contributed by atoms with Gasteiger partial charge in [-0.15, -0.1) is 11.3 Å². The van der Waals surface area contributed by atoms with Crippen molar-refractivity contribution in [1.82, 2.24) is 19.9 Å². The predicted molar refractivity (Wildman–Crippen MR) is 117 cm³/mol. The maximum absolute atomic E-state index is 12.2. The van der Waals surface area contributed by atoms with Crippen LogP contribution < -0.4 is 15.6 Å². The summed E-state index contributed by atoms with van der Waals surface area (Å²) in [4.78, 5) is 33.2. The average Bonchev–Trinajstić information content (AvgIpc) is 3.48. The number of ether oxygens (including phenoxy) is 1. The second kappa shape index (κ2) is 9.40. The van der Waals surface area contributed by atoms with Crippen molar-refractivity contribution in [3.8, 4) is 27.8 Å². The first-order valence-electron chi connectivity index (χ1n) is 9.58. The van der Waals surface area contributed by atoms with E-state index in [0.29, 0.717) is 24.4 Å². The number of aromatic nitrogens is 3. The van der Waals surface area contributed by atoms with Gasteiger partial charge in [-0.1, -0.05) is 0 Å². The van der Waals surface area contributed by atoms with Gasteiger partial charge in [0.05, 0.1) is 25.4 Å². The number of furan rings is 1. The first kappa shape index (κ1) is 20.5. The zero-order chi connectivity index (χ0) is 21.6. The minimum atomic E-state index is -0.319. The highest BCUT2D eigenvalue weighted by molar-refractivity contribution is 7.13. The summed E-state index contributed by atoms with van der Waals surface area (Å²) in [5.41, 5.74) is 2.03. The Labute approximate surface area is 182 Å². The van der Waals surface area contributed by atoms with Gasteiger partial charge in [-0.25, -0.2) is 9.97 Å². The fourth-order valence-corrected chi connectivity index (χ4v) is 3.79. The van der Waals surface area contributed by atoms with E-state index in [0.717, 1.165) is 22.0 Å². The topological polar surface area (TPSA) is 99.2 Å². The van der Waals surface area contributed by atoms with Gasteiger partial charge in [-0.3, -0.25) is 14.2 Å². The third-order valence-electron chi connectivity index (χ3n) is 4.56. The smallest absolute Gasteiger partial charge is 0.254 e. The number of nitrogens with zero attached hydrogens (tertiary/aromatic N) is 3. The lowest BCUT2D eigenvalue weighted by Crippen LogP contribution is -2.33. The van der Waals surface area contributed by atoms with E-state index in [1.54, 1.807) is 30.6 Å². The zero-order valence-electron chi connectivity index (χ0n) is 16.8. The van der Waals surface area contributed by atoms with Crippen LogP contribution in [-0.2, 0) is 17.8 Å². The molecule has 0 unspecified atom stereocenters. The van der Waals surface area contributed by atoms with Crippen LogP contribution in [-0.4, -0.2) is 34.1 Å². The number of nitrogens with one attached hydrogen (secondary N) is 1. The molecule has 0 bridgehead atoms. The van der Waals surface area contributed by atoms with Crippen molar-refractivity contribution in [3.63, 3.8) is 0 Å². The molecule has 8 nitrogen and oxygen atoms in total. The number of carbonyl (C=O) groups excluding carboxylic acids is 1. The van der Waals surface area contributed by atoms with E-state index in [2.05, 4.69) is 15.3 Å². The molecule has 4 rings (SSSR count). The molecule has 0 radical (unpaired) electrons. The van der Waals surface area contributed by atoms with Crippen molar-refractivity contribution >= 4 is 17.2 Å². The standard InChI is InChI=1S/C22H20N4O4S/c1-29-17-6-4-15(5-7-17)22-25-16(13-31-22)8-9-23-20(27)12-26-14-24-18(11-21(26)28)19-3-2-10-30-19/h2-7,10-11,13-14H,8-9,12H2,1H3,(H,23,27). The highest BCUT2D eigenvalue weighted by atomic mass is 32.1. The highest BCUT2D eigenvalue weighted by Crippen LogP contribution is 2.25. The average molecular weight is 436 g/mol. The summed E-state index contributed by atoms with van der Waals surface area (Å²) in [6.45, 7) is 0.329. The van der Waals surface area contributed by atoms with Crippen molar-refractivity contribution in [2.24, 2.45) is 0 Å². The maximum atomic E-state index is 12.2. The van der Waals surface area contributed by atoms with Gasteiger partial charge >= 0.3 is 0 Å².